The maximum absolute atomic E-state index is 12.4. The van der Waals surface area contributed by atoms with Crippen LogP contribution in [0.5, 0.6) is 0 Å². The SMILES string of the molecule is CC(CN)(NC(=O)C1CC1c1cccc(Br)c1)C1CC1. The number of carbonyl (C=O) groups is 1. The molecule has 3 nitrogen and oxygen atoms in total. The second-order valence-corrected chi connectivity index (χ2v) is 7.30. The van der Waals surface area contributed by atoms with Crippen molar-refractivity contribution in [1.29, 1.82) is 0 Å². The molecule has 2 aliphatic carbocycles. The largest absolute Gasteiger partial charge is 0.349 e. The van der Waals surface area contributed by atoms with Crippen molar-refractivity contribution >= 4 is 21.8 Å². The molecule has 4 heteroatoms. The number of rotatable bonds is 5. The van der Waals surface area contributed by atoms with E-state index in [1.54, 1.807) is 0 Å². The molecule has 3 unspecified atom stereocenters. The molecule has 2 saturated carbocycles. The molecule has 1 amide bonds. The predicted octanol–water partition coefficient (Wildman–Crippen LogP) is 2.80. The van der Waals surface area contributed by atoms with E-state index in [1.807, 2.05) is 12.1 Å². The first-order chi connectivity index (χ1) is 9.53. The molecule has 108 valence electrons. The van der Waals surface area contributed by atoms with Crippen LogP contribution < -0.4 is 11.1 Å². The smallest absolute Gasteiger partial charge is 0.224 e. The molecular formula is C16H21BrN2O. The van der Waals surface area contributed by atoms with Crippen LogP contribution in [0.15, 0.2) is 28.7 Å². The van der Waals surface area contributed by atoms with Crippen LogP contribution in [0, 0.1) is 11.8 Å². The molecule has 2 fully saturated rings. The van der Waals surface area contributed by atoms with Gasteiger partial charge in [0.2, 0.25) is 5.91 Å². The van der Waals surface area contributed by atoms with Gasteiger partial charge in [-0.15, -0.1) is 0 Å². The first-order valence-electron chi connectivity index (χ1n) is 7.31. The molecule has 0 saturated heterocycles. The molecule has 20 heavy (non-hydrogen) atoms. The van der Waals surface area contributed by atoms with Gasteiger partial charge in [0.25, 0.3) is 0 Å². The number of amides is 1. The van der Waals surface area contributed by atoms with Crippen LogP contribution in [-0.4, -0.2) is 18.0 Å². The van der Waals surface area contributed by atoms with Gasteiger partial charge < -0.3 is 11.1 Å². The van der Waals surface area contributed by atoms with Crippen molar-refractivity contribution < 1.29 is 4.79 Å². The van der Waals surface area contributed by atoms with Gasteiger partial charge in [-0.3, -0.25) is 4.79 Å². The van der Waals surface area contributed by atoms with Crippen LogP contribution in [0.4, 0.5) is 0 Å². The Morgan fingerprint density at radius 3 is 2.85 bits per heavy atom. The Hall–Kier alpha value is -0.870. The fourth-order valence-electron chi connectivity index (χ4n) is 3.00. The molecule has 0 heterocycles. The lowest BCUT2D eigenvalue weighted by Gasteiger charge is -2.29. The highest BCUT2D eigenvalue weighted by molar-refractivity contribution is 9.10. The summed E-state index contributed by atoms with van der Waals surface area (Å²) in [5.74, 6) is 1.23. The zero-order valence-electron chi connectivity index (χ0n) is 11.7. The molecular weight excluding hydrogens is 316 g/mol. The molecule has 1 aromatic carbocycles. The minimum absolute atomic E-state index is 0.119. The standard InChI is InChI=1S/C16H21BrN2O/c1-16(9-18,11-5-6-11)19-15(20)14-8-13(14)10-3-2-4-12(17)7-10/h2-4,7,11,13-14H,5-6,8-9,18H2,1H3,(H,19,20). The van der Waals surface area contributed by atoms with Gasteiger partial charge in [0.1, 0.15) is 0 Å². The number of nitrogens with one attached hydrogen (secondary N) is 1. The maximum Gasteiger partial charge on any atom is 0.224 e. The topological polar surface area (TPSA) is 55.1 Å². The van der Waals surface area contributed by atoms with E-state index >= 15 is 0 Å². The fraction of sp³-hybridized carbons (Fsp3) is 0.562. The molecule has 0 aromatic heterocycles. The summed E-state index contributed by atoms with van der Waals surface area (Å²) in [7, 11) is 0. The number of hydrogen-bond acceptors (Lipinski definition) is 2. The lowest BCUT2D eigenvalue weighted by atomic mass is 9.95. The Balaban J connectivity index is 1.63. The van der Waals surface area contributed by atoms with Crippen molar-refractivity contribution in [2.75, 3.05) is 6.54 Å². The molecule has 3 atom stereocenters. The van der Waals surface area contributed by atoms with Gasteiger partial charge in [-0.25, -0.2) is 0 Å². The normalized spacial score (nSPS) is 27.8. The van der Waals surface area contributed by atoms with Crippen molar-refractivity contribution in [2.24, 2.45) is 17.6 Å². The summed E-state index contributed by atoms with van der Waals surface area (Å²) in [6.45, 7) is 2.61. The summed E-state index contributed by atoms with van der Waals surface area (Å²) in [6.07, 6.45) is 3.33. The summed E-state index contributed by atoms with van der Waals surface area (Å²) in [5.41, 5.74) is 6.91. The van der Waals surface area contributed by atoms with E-state index in [1.165, 1.54) is 18.4 Å². The van der Waals surface area contributed by atoms with Crippen molar-refractivity contribution in [2.45, 2.75) is 37.6 Å². The minimum Gasteiger partial charge on any atom is -0.349 e. The zero-order valence-corrected chi connectivity index (χ0v) is 13.3. The Bertz CT molecular complexity index is 529. The minimum atomic E-state index is -0.207. The van der Waals surface area contributed by atoms with Crippen LogP contribution >= 0.6 is 15.9 Å². The van der Waals surface area contributed by atoms with Crippen molar-refractivity contribution in [3.8, 4) is 0 Å². The summed E-state index contributed by atoms with van der Waals surface area (Å²) in [6, 6.07) is 8.26. The van der Waals surface area contributed by atoms with Crippen LogP contribution in [0.1, 0.15) is 37.7 Å². The number of hydrogen-bond donors (Lipinski definition) is 2. The monoisotopic (exact) mass is 336 g/mol. The summed E-state index contributed by atoms with van der Waals surface area (Å²) >= 11 is 3.49. The summed E-state index contributed by atoms with van der Waals surface area (Å²) in [4.78, 5) is 12.4. The number of benzene rings is 1. The lowest BCUT2D eigenvalue weighted by molar-refractivity contribution is -0.124. The quantitative estimate of drug-likeness (QED) is 0.868. The predicted molar refractivity (Wildman–Crippen MR) is 83.3 cm³/mol. The Morgan fingerprint density at radius 1 is 1.50 bits per heavy atom. The molecule has 3 rings (SSSR count). The average Bonchev–Trinajstić information content (AvgIpc) is 3.30. The maximum atomic E-state index is 12.4. The highest BCUT2D eigenvalue weighted by Crippen LogP contribution is 2.49. The molecule has 0 spiro atoms. The van der Waals surface area contributed by atoms with Crippen LogP contribution in [0.25, 0.3) is 0 Å². The van der Waals surface area contributed by atoms with E-state index in [2.05, 4.69) is 40.3 Å². The van der Waals surface area contributed by atoms with Gasteiger partial charge in [0.05, 0.1) is 5.54 Å². The third kappa shape index (κ3) is 2.77. The highest BCUT2D eigenvalue weighted by Gasteiger charge is 2.48. The molecule has 0 radical (unpaired) electrons. The van der Waals surface area contributed by atoms with E-state index in [-0.39, 0.29) is 17.4 Å². The highest BCUT2D eigenvalue weighted by atomic mass is 79.9. The van der Waals surface area contributed by atoms with Crippen molar-refractivity contribution in [1.82, 2.24) is 5.32 Å². The molecule has 0 aliphatic heterocycles. The number of nitrogens with two attached hydrogens (primary N) is 1. The zero-order chi connectivity index (χ0) is 14.3. The van der Waals surface area contributed by atoms with E-state index in [0.717, 1.165) is 10.9 Å². The first-order valence-corrected chi connectivity index (χ1v) is 8.10. The van der Waals surface area contributed by atoms with Crippen molar-refractivity contribution in [3.63, 3.8) is 0 Å². The van der Waals surface area contributed by atoms with Gasteiger partial charge >= 0.3 is 0 Å². The average molecular weight is 337 g/mol. The van der Waals surface area contributed by atoms with Crippen molar-refractivity contribution in [3.05, 3.63) is 34.3 Å². The second kappa shape index (κ2) is 5.15. The van der Waals surface area contributed by atoms with E-state index < -0.39 is 0 Å². The van der Waals surface area contributed by atoms with Gasteiger partial charge in [-0.05, 0) is 55.7 Å². The third-order valence-electron chi connectivity index (χ3n) is 4.72. The number of halogens is 1. The Kier molecular flexibility index (Phi) is 3.63. The molecule has 3 N–H and O–H groups in total. The second-order valence-electron chi connectivity index (χ2n) is 6.39. The van der Waals surface area contributed by atoms with Crippen LogP contribution in [-0.2, 0) is 4.79 Å². The first kappa shape index (κ1) is 14.1. The van der Waals surface area contributed by atoms with E-state index in [0.29, 0.717) is 18.4 Å². The molecule has 1 aromatic rings. The van der Waals surface area contributed by atoms with E-state index in [4.69, 9.17) is 5.73 Å². The Morgan fingerprint density at radius 2 is 2.25 bits per heavy atom. The van der Waals surface area contributed by atoms with E-state index in [9.17, 15) is 4.79 Å². The summed E-state index contributed by atoms with van der Waals surface area (Å²) < 4.78 is 1.07. The van der Waals surface area contributed by atoms with Gasteiger partial charge in [0.15, 0.2) is 0 Å². The third-order valence-corrected chi connectivity index (χ3v) is 5.21. The van der Waals surface area contributed by atoms with Crippen LogP contribution in [0.3, 0.4) is 0 Å². The Labute approximate surface area is 128 Å². The van der Waals surface area contributed by atoms with Gasteiger partial charge in [-0.1, -0.05) is 28.1 Å². The van der Waals surface area contributed by atoms with Crippen LogP contribution in [0.2, 0.25) is 0 Å². The summed E-state index contributed by atoms with van der Waals surface area (Å²) in [5, 5.41) is 3.21. The number of carbonyl (C=O) groups excluding carboxylic acids is 1. The molecule has 0 bridgehead atoms. The molecule has 2 aliphatic rings. The fourth-order valence-corrected chi connectivity index (χ4v) is 3.42. The lowest BCUT2D eigenvalue weighted by Crippen LogP contribution is -2.53. The van der Waals surface area contributed by atoms with Gasteiger partial charge in [0, 0.05) is 16.9 Å². The van der Waals surface area contributed by atoms with Gasteiger partial charge in [-0.2, -0.15) is 0 Å².